The Kier molecular flexibility index (Phi) is 4.99. The van der Waals surface area contributed by atoms with Gasteiger partial charge in [0.15, 0.2) is 0 Å². The predicted octanol–water partition coefficient (Wildman–Crippen LogP) is 2.86. The van der Waals surface area contributed by atoms with Crippen LogP contribution in [0.5, 0.6) is 0 Å². The summed E-state index contributed by atoms with van der Waals surface area (Å²) in [4.78, 5) is 26.5. The number of ether oxygens (including phenoxy) is 1. The SMILES string of the molecule is CCOC(=O)C1CCCCN1C(=O)c1ccc(C)cc1C. The van der Waals surface area contributed by atoms with Gasteiger partial charge in [-0.1, -0.05) is 17.7 Å². The first kappa shape index (κ1) is 15.5. The number of likely N-dealkylation sites (tertiary alicyclic amines) is 1. The lowest BCUT2D eigenvalue weighted by Crippen LogP contribution is -2.48. The van der Waals surface area contributed by atoms with E-state index in [1.807, 2.05) is 32.0 Å². The smallest absolute Gasteiger partial charge is 0.328 e. The summed E-state index contributed by atoms with van der Waals surface area (Å²) < 4.78 is 5.11. The minimum Gasteiger partial charge on any atom is -0.464 e. The maximum absolute atomic E-state index is 12.8. The van der Waals surface area contributed by atoms with Crippen LogP contribution in [0.4, 0.5) is 0 Å². The largest absolute Gasteiger partial charge is 0.464 e. The first-order chi connectivity index (χ1) is 10.0. The van der Waals surface area contributed by atoms with E-state index in [4.69, 9.17) is 4.74 Å². The molecule has 0 spiro atoms. The average molecular weight is 289 g/mol. The van der Waals surface area contributed by atoms with Crippen LogP contribution in [0.2, 0.25) is 0 Å². The van der Waals surface area contributed by atoms with Gasteiger partial charge in [0.2, 0.25) is 0 Å². The molecule has 0 saturated carbocycles. The maximum atomic E-state index is 12.8. The van der Waals surface area contributed by atoms with E-state index < -0.39 is 6.04 Å². The van der Waals surface area contributed by atoms with Crippen molar-refractivity contribution >= 4 is 11.9 Å². The lowest BCUT2D eigenvalue weighted by Gasteiger charge is -2.34. The van der Waals surface area contributed by atoms with Gasteiger partial charge in [0, 0.05) is 12.1 Å². The number of aryl methyl sites for hydroxylation is 2. The molecule has 0 bridgehead atoms. The van der Waals surface area contributed by atoms with E-state index in [9.17, 15) is 9.59 Å². The molecule has 0 aliphatic carbocycles. The van der Waals surface area contributed by atoms with Crippen LogP contribution in [0.1, 0.15) is 47.7 Å². The highest BCUT2D eigenvalue weighted by molar-refractivity contribution is 5.98. The van der Waals surface area contributed by atoms with Crippen molar-refractivity contribution < 1.29 is 14.3 Å². The first-order valence-corrected chi connectivity index (χ1v) is 7.59. The van der Waals surface area contributed by atoms with Crippen molar-refractivity contribution in [3.05, 3.63) is 34.9 Å². The molecule has 21 heavy (non-hydrogen) atoms. The molecule has 0 N–H and O–H groups in total. The number of nitrogens with zero attached hydrogens (tertiary/aromatic N) is 1. The number of hydrogen-bond acceptors (Lipinski definition) is 3. The Labute approximate surface area is 126 Å². The van der Waals surface area contributed by atoms with Gasteiger partial charge in [0.25, 0.3) is 5.91 Å². The van der Waals surface area contributed by atoms with Gasteiger partial charge in [-0.3, -0.25) is 4.79 Å². The third kappa shape index (κ3) is 3.43. The third-order valence-electron chi connectivity index (χ3n) is 3.93. The molecule has 1 atom stereocenters. The summed E-state index contributed by atoms with van der Waals surface area (Å²) in [6.07, 6.45) is 2.59. The Hall–Kier alpha value is -1.84. The molecule has 1 aromatic carbocycles. The fourth-order valence-corrected chi connectivity index (χ4v) is 2.87. The first-order valence-electron chi connectivity index (χ1n) is 7.59. The van der Waals surface area contributed by atoms with E-state index in [1.54, 1.807) is 11.8 Å². The number of hydrogen-bond donors (Lipinski definition) is 0. The minimum absolute atomic E-state index is 0.0646. The van der Waals surface area contributed by atoms with Crippen LogP contribution in [0.25, 0.3) is 0 Å². The van der Waals surface area contributed by atoms with Crippen molar-refractivity contribution in [3.8, 4) is 0 Å². The number of piperidine rings is 1. The van der Waals surface area contributed by atoms with Gasteiger partial charge in [-0.2, -0.15) is 0 Å². The zero-order chi connectivity index (χ0) is 15.4. The Morgan fingerprint density at radius 1 is 1.29 bits per heavy atom. The van der Waals surface area contributed by atoms with E-state index in [2.05, 4.69) is 0 Å². The lowest BCUT2D eigenvalue weighted by molar-refractivity contribution is -0.149. The predicted molar refractivity (Wildman–Crippen MR) is 81.2 cm³/mol. The van der Waals surface area contributed by atoms with E-state index in [-0.39, 0.29) is 11.9 Å². The Balaban J connectivity index is 2.24. The molecule has 1 unspecified atom stereocenters. The molecular formula is C17H23NO3. The molecular weight excluding hydrogens is 266 g/mol. The highest BCUT2D eigenvalue weighted by atomic mass is 16.5. The molecule has 4 heteroatoms. The summed E-state index contributed by atoms with van der Waals surface area (Å²) in [6.45, 7) is 6.70. The average Bonchev–Trinajstić information content (AvgIpc) is 2.47. The Morgan fingerprint density at radius 3 is 2.71 bits per heavy atom. The van der Waals surface area contributed by atoms with Crippen molar-refractivity contribution in [2.45, 2.75) is 46.1 Å². The number of rotatable bonds is 3. The van der Waals surface area contributed by atoms with Crippen molar-refractivity contribution in [2.75, 3.05) is 13.2 Å². The van der Waals surface area contributed by atoms with Crippen molar-refractivity contribution in [1.29, 1.82) is 0 Å². The summed E-state index contributed by atoms with van der Waals surface area (Å²) in [5, 5.41) is 0. The van der Waals surface area contributed by atoms with Gasteiger partial charge in [-0.25, -0.2) is 4.79 Å². The molecule has 4 nitrogen and oxygen atoms in total. The topological polar surface area (TPSA) is 46.6 Å². The zero-order valence-corrected chi connectivity index (χ0v) is 13.0. The van der Waals surface area contributed by atoms with Crippen molar-refractivity contribution in [2.24, 2.45) is 0 Å². The lowest BCUT2D eigenvalue weighted by atomic mass is 9.98. The molecule has 114 valence electrons. The molecule has 1 aliphatic heterocycles. The minimum atomic E-state index is -0.438. The van der Waals surface area contributed by atoms with Gasteiger partial charge in [0.1, 0.15) is 6.04 Å². The van der Waals surface area contributed by atoms with Crippen LogP contribution in [-0.2, 0) is 9.53 Å². The van der Waals surface area contributed by atoms with Gasteiger partial charge >= 0.3 is 5.97 Å². The molecule has 1 heterocycles. The quantitative estimate of drug-likeness (QED) is 0.804. The summed E-state index contributed by atoms with van der Waals surface area (Å²) in [5.74, 6) is -0.347. The fourth-order valence-electron chi connectivity index (χ4n) is 2.87. The van der Waals surface area contributed by atoms with Gasteiger partial charge in [-0.15, -0.1) is 0 Å². The van der Waals surface area contributed by atoms with Crippen LogP contribution in [-0.4, -0.2) is 36.0 Å². The third-order valence-corrected chi connectivity index (χ3v) is 3.93. The van der Waals surface area contributed by atoms with Crippen LogP contribution in [0.15, 0.2) is 18.2 Å². The Bertz CT molecular complexity index is 539. The second-order valence-electron chi connectivity index (χ2n) is 5.58. The van der Waals surface area contributed by atoms with Crippen LogP contribution in [0.3, 0.4) is 0 Å². The standard InChI is InChI=1S/C17H23NO3/c1-4-21-17(20)15-7-5-6-10-18(15)16(19)14-9-8-12(2)11-13(14)3/h8-9,11,15H,4-7,10H2,1-3H3. The fraction of sp³-hybridized carbons (Fsp3) is 0.529. The molecule has 2 rings (SSSR count). The molecule has 0 radical (unpaired) electrons. The number of esters is 1. The highest BCUT2D eigenvalue weighted by Crippen LogP contribution is 2.22. The van der Waals surface area contributed by atoms with E-state index >= 15 is 0 Å². The normalized spacial score (nSPS) is 18.4. The van der Waals surface area contributed by atoms with E-state index in [0.717, 1.165) is 24.0 Å². The summed E-state index contributed by atoms with van der Waals surface area (Å²) in [5.41, 5.74) is 2.76. The summed E-state index contributed by atoms with van der Waals surface area (Å²) in [7, 11) is 0. The molecule has 1 saturated heterocycles. The van der Waals surface area contributed by atoms with Crippen LogP contribution < -0.4 is 0 Å². The molecule has 1 amide bonds. The van der Waals surface area contributed by atoms with Gasteiger partial charge in [0.05, 0.1) is 6.61 Å². The monoisotopic (exact) mass is 289 g/mol. The van der Waals surface area contributed by atoms with Crippen molar-refractivity contribution in [3.63, 3.8) is 0 Å². The maximum Gasteiger partial charge on any atom is 0.328 e. The number of carbonyl (C=O) groups is 2. The Morgan fingerprint density at radius 2 is 2.05 bits per heavy atom. The zero-order valence-electron chi connectivity index (χ0n) is 13.0. The van der Waals surface area contributed by atoms with E-state index in [0.29, 0.717) is 25.1 Å². The second-order valence-corrected chi connectivity index (χ2v) is 5.58. The molecule has 1 aromatic rings. The van der Waals surface area contributed by atoms with Gasteiger partial charge in [-0.05, 0) is 51.7 Å². The van der Waals surface area contributed by atoms with Gasteiger partial charge < -0.3 is 9.64 Å². The van der Waals surface area contributed by atoms with E-state index in [1.165, 1.54) is 0 Å². The highest BCUT2D eigenvalue weighted by Gasteiger charge is 2.33. The summed E-state index contributed by atoms with van der Waals surface area (Å²) in [6, 6.07) is 5.34. The van der Waals surface area contributed by atoms with Crippen molar-refractivity contribution in [1.82, 2.24) is 4.90 Å². The number of benzene rings is 1. The summed E-state index contributed by atoms with van der Waals surface area (Å²) >= 11 is 0. The molecule has 1 fully saturated rings. The number of carbonyl (C=O) groups excluding carboxylic acids is 2. The molecule has 1 aliphatic rings. The second kappa shape index (κ2) is 6.74. The van der Waals surface area contributed by atoms with Crippen LogP contribution in [0, 0.1) is 13.8 Å². The van der Waals surface area contributed by atoms with Crippen LogP contribution >= 0.6 is 0 Å². The molecule has 0 aromatic heterocycles. The number of amides is 1.